The van der Waals surface area contributed by atoms with Gasteiger partial charge in [-0.1, -0.05) is 13.2 Å². The molecule has 3 nitrogen and oxygen atoms in total. The maximum atomic E-state index is 10.9. The van der Waals surface area contributed by atoms with Gasteiger partial charge in [0.1, 0.15) is 17.1 Å². The lowest BCUT2D eigenvalue weighted by molar-refractivity contribution is -0.113. The van der Waals surface area contributed by atoms with Crippen LogP contribution in [0.15, 0.2) is 35.8 Å². The number of carbonyl (C=O) groups excluding carboxylic acids is 1. The Morgan fingerprint density at radius 1 is 1.17 bits per heavy atom. The van der Waals surface area contributed by atoms with Crippen molar-refractivity contribution in [1.82, 2.24) is 0 Å². The maximum absolute atomic E-state index is 10.9. The van der Waals surface area contributed by atoms with Gasteiger partial charge in [-0.2, -0.15) is 0 Å². The number of aliphatic hydroxyl groups excluding tert-OH is 2. The summed E-state index contributed by atoms with van der Waals surface area (Å²) in [5.74, 6) is -1.19. The van der Waals surface area contributed by atoms with Gasteiger partial charge in [-0.25, -0.2) is 0 Å². The number of ketones is 1. The summed E-state index contributed by atoms with van der Waals surface area (Å²) in [6, 6.07) is 0. The molecule has 3 heteroatoms. The number of aliphatic hydroxyl groups is 2. The summed E-state index contributed by atoms with van der Waals surface area (Å²) >= 11 is 0. The number of carbonyl (C=O) groups is 1. The molecule has 2 N–H and O–H groups in total. The van der Waals surface area contributed by atoms with Crippen LogP contribution >= 0.6 is 0 Å². The fourth-order valence-electron chi connectivity index (χ4n) is 0.720. The Morgan fingerprint density at radius 2 is 1.58 bits per heavy atom. The van der Waals surface area contributed by atoms with Crippen molar-refractivity contribution in [2.45, 2.75) is 13.8 Å². The lowest BCUT2D eigenvalue weighted by atomic mass is 10.1. The first-order valence-corrected chi connectivity index (χ1v) is 3.36. The van der Waals surface area contributed by atoms with Crippen molar-refractivity contribution in [2.75, 3.05) is 0 Å². The second-order valence-corrected chi connectivity index (χ2v) is 2.51. The first-order chi connectivity index (χ1) is 5.37. The van der Waals surface area contributed by atoms with Crippen LogP contribution in [0.25, 0.3) is 0 Å². The summed E-state index contributed by atoms with van der Waals surface area (Å²) in [6.45, 7) is 9.35. The van der Waals surface area contributed by atoms with E-state index < -0.39 is 11.5 Å². The molecule has 0 radical (unpaired) electrons. The minimum atomic E-state index is -0.442. The first kappa shape index (κ1) is 10.5. The number of allylic oxidation sites excluding steroid dienone is 2. The second kappa shape index (κ2) is 3.76. The lowest BCUT2D eigenvalue weighted by Gasteiger charge is -2.05. The molecule has 0 amide bonds. The third-order valence-corrected chi connectivity index (χ3v) is 1.28. The van der Waals surface area contributed by atoms with Gasteiger partial charge in [0.15, 0.2) is 5.78 Å². The summed E-state index contributed by atoms with van der Waals surface area (Å²) in [7, 11) is 0. The predicted molar refractivity (Wildman–Crippen MR) is 46.9 cm³/mol. The van der Waals surface area contributed by atoms with Crippen LogP contribution in [0.1, 0.15) is 13.8 Å². The zero-order valence-corrected chi connectivity index (χ0v) is 7.22. The van der Waals surface area contributed by atoms with E-state index in [0.717, 1.165) is 0 Å². The molecule has 0 heterocycles. The van der Waals surface area contributed by atoms with Gasteiger partial charge in [0.2, 0.25) is 0 Å². The van der Waals surface area contributed by atoms with Crippen LogP contribution in [0.4, 0.5) is 0 Å². The number of hydrogen-bond donors (Lipinski definition) is 2. The average molecular weight is 168 g/mol. The summed E-state index contributed by atoms with van der Waals surface area (Å²) in [6.07, 6.45) is 0. The van der Waals surface area contributed by atoms with E-state index in [1.54, 1.807) is 0 Å². The van der Waals surface area contributed by atoms with Crippen molar-refractivity contribution >= 4 is 5.78 Å². The summed E-state index contributed by atoms with van der Waals surface area (Å²) in [4.78, 5) is 10.9. The normalized spacial score (nSPS) is 11.8. The Balaban J connectivity index is 5.23. The summed E-state index contributed by atoms with van der Waals surface area (Å²) in [5.41, 5.74) is 0.137. The number of Topliss-reactive ketones (excluding diaryl/α,β-unsaturated/α-hetero) is 1. The molecular weight excluding hydrogens is 156 g/mol. The molecule has 0 atom stereocenters. The van der Waals surface area contributed by atoms with Crippen LogP contribution in [0, 0.1) is 0 Å². The van der Waals surface area contributed by atoms with E-state index >= 15 is 0 Å². The molecule has 0 saturated carbocycles. The molecule has 0 aromatic heterocycles. The van der Waals surface area contributed by atoms with Gasteiger partial charge in [-0.15, -0.1) is 0 Å². The highest BCUT2D eigenvalue weighted by molar-refractivity contribution is 5.97. The highest BCUT2D eigenvalue weighted by Gasteiger charge is 2.13. The molecule has 12 heavy (non-hydrogen) atoms. The molecule has 0 saturated heterocycles. The summed E-state index contributed by atoms with van der Waals surface area (Å²) < 4.78 is 0. The van der Waals surface area contributed by atoms with Gasteiger partial charge in [0, 0.05) is 0 Å². The van der Waals surface area contributed by atoms with Crippen LogP contribution in [-0.2, 0) is 4.79 Å². The molecule has 0 spiro atoms. The van der Waals surface area contributed by atoms with Gasteiger partial charge < -0.3 is 10.2 Å². The van der Waals surface area contributed by atoms with Crippen molar-refractivity contribution in [2.24, 2.45) is 0 Å². The SMILES string of the molecule is C=C(C)/C(O)=C(/C(=C)O)C(C)=O. The molecule has 0 bridgehead atoms. The van der Waals surface area contributed by atoms with E-state index in [1.807, 2.05) is 0 Å². The van der Waals surface area contributed by atoms with Crippen molar-refractivity contribution in [3.05, 3.63) is 35.8 Å². The molecule has 0 rings (SSSR count). The standard InChI is InChI=1S/C9H12O3/c1-5(2)9(12)8(6(3)10)7(4)11/h10,12H,1,3H2,2,4H3/b9-8+. The quantitative estimate of drug-likeness (QED) is 0.385. The van der Waals surface area contributed by atoms with Gasteiger partial charge >= 0.3 is 0 Å². The topological polar surface area (TPSA) is 57.5 Å². The second-order valence-electron chi connectivity index (χ2n) is 2.51. The zero-order chi connectivity index (χ0) is 9.89. The molecule has 0 fully saturated rings. The minimum Gasteiger partial charge on any atom is -0.508 e. The smallest absolute Gasteiger partial charge is 0.167 e. The predicted octanol–water partition coefficient (Wildman–Crippen LogP) is 2.04. The summed E-state index contributed by atoms with van der Waals surface area (Å²) in [5, 5.41) is 18.2. The Morgan fingerprint density at radius 3 is 1.67 bits per heavy atom. The Labute approximate surface area is 71.3 Å². The van der Waals surface area contributed by atoms with E-state index in [9.17, 15) is 9.90 Å². The molecular formula is C9H12O3. The van der Waals surface area contributed by atoms with Crippen LogP contribution < -0.4 is 0 Å². The Hall–Kier alpha value is -1.51. The lowest BCUT2D eigenvalue weighted by Crippen LogP contribution is -2.04. The molecule has 0 aliphatic heterocycles. The molecule has 0 aliphatic carbocycles. The molecule has 0 unspecified atom stereocenters. The van der Waals surface area contributed by atoms with Crippen LogP contribution in [-0.4, -0.2) is 16.0 Å². The zero-order valence-electron chi connectivity index (χ0n) is 7.22. The minimum absolute atomic E-state index is 0.178. The van der Waals surface area contributed by atoms with Crippen molar-refractivity contribution in [3.8, 4) is 0 Å². The van der Waals surface area contributed by atoms with Gasteiger partial charge in [0.05, 0.1) is 0 Å². The monoisotopic (exact) mass is 168 g/mol. The van der Waals surface area contributed by atoms with Crippen molar-refractivity contribution < 1.29 is 15.0 Å². The molecule has 0 aromatic rings. The van der Waals surface area contributed by atoms with E-state index in [0.29, 0.717) is 5.57 Å². The number of rotatable bonds is 3. The number of hydrogen-bond acceptors (Lipinski definition) is 3. The average Bonchev–Trinajstić information content (AvgIpc) is 1.85. The fraction of sp³-hybridized carbons (Fsp3) is 0.222. The van der Waals surface area contributed by atoms with Crippen LogP contribution in [0.2, 0.25) is 0 Å². The van der Waals surface area contributed by atoms with Crippen molar-refractivity contribution in [1.29, 1.82) is 0 Å². The van der Waals surface area contributed by atoms with E-state index in [1.165, 1.54) is 13.8 Å². The van der Waals surface area contributed by atoms with E-state index in [2.05, 4.69) is 13.2 Å². The van der Waals surface area contributed by atoms with Crippen LogP contribution in [0.3, 0.4) is 0 Å². The van der Waals surface area contributed by atoms with Gasteiger partial charge in [0.25, 0.3) is 0 Å². The third-order valence-electron chi connectivity index (χ3n) is 1.28. The van der Waals surface area contributed by atoms with Gasteiger partial charge in [-0.3, -0.25) is 4.79 Å². The van der Waals surface area contributed by atoms with Crippen LogP contribution in [0.5, 0.6) is 0 Å². The van der Waals surface area contributed by atoms with Crippen molar-refractivity contribution in [3.63, 3.8) is 0 Å². The van der Waals surface area contributed by atoms with Gasteiger partial charge in [-0.05, 0) is 19.4 Å². The molecule has 0 aromatic carbocycles. The largest absolute Gasteiger partial charge is 0.508 e. The highest BCUT2D eigenvalue weighted by Crippen LogP contribution is 2.15. The molecule has 66 valence electrons. The Bertz CT molecular complexity index is 255. The highest BCUT2D eigenvalue weighted by atomic mass is 16.3. The Kier molecular flexibility index (Phi) is 3.29. The van der Waals surface area contributed by atoms with E-state index in [-0.39, 0.29) is 11.3 Å². The fourth-order valence-corrected chi connectivity index (χ4v) is 0.720. The molecule has 0 aliphatic rings. The maximum Gasteiger partial charge on any atom is 0.167 e. The van der Waals surface area contributed by atoms with E-state index in [4.69, 9.17) is 5.11 Å². The first-order valence-electron chi connectivity index (χ1n) is 3.36. The third kappa shape index (κ3) is 2.27.